The summed E-state index contributed by atoms with van der Waals surface area (Å²) in [6.45, 7) is 5.29. The van der Waals surface area contributed by atoms with Gasteiger partial charge in [0.1, 0.15) is 0 Å². The second-order valence-corrected chi connectivity index (χ2v) is 5.58. The summed E-state index contributed by atoms with van der Waals surface area (Å²) in [7, 11) is 0. The Balaban J connectivity index is 1.88. The predicted octanol–water partition coefficient (Wildman–Crippen LogP) is 4.28. The lowest BCUT2D eigenvalue weighted by Crippen LogP contribution is -2.13. The number of rotatable bonds is 7. The van der Waals surface area contributed by atoms with Crippen molar-refractivity contribution in [2.75, 3.05) is 6.54 Å². The first-order chi connectivity index (χ1) is 9.79. The molecule has 0 heterocycles. The minimum Gasteiger partial charge on any atom is -0.372 e. The van der Waals surface area contributed by atoms with Crippen molar-refractivity contribution in [1.29, 1.82) is 0 Å². The fourth-order valence-electron chi connectivity index (χ4n) is 1.99. The summed E-state index contributed by atoms with van der Waals surface area (Å²) in [4.78, 5) is 0. The van der Waals surface area contributed by atoms with Crippen LogP contribution in [-0.2, 0) is 24.5 Å². The maximum Gasteiger partial charge on any atom is 0.0724 e. The lowest BCUT2D eigenvalue weighted by atomic mass is 10.1. The van der Waals surface area contributed by atoms with E-state index in [1.807, 2.05) is 12.1 Å². The minimum atomic E-state index is 0.642. The molecule has 0 aliphatic heterocycles. The lowest BCUT2D eigenvalue weighted by Gasteiger charge is -2.10. The van der Waals surface area contributed by atoms with Crippen LogP contribution in [-0.4, -0.2) is 6.54 Å². The fraction of sp³-hybridized carbons (Fsp3) is 0.294. The van der Waals surface area contributed by atoms with E-state index in [1.165, 1.54) is 16.7 Å². The number of ether oxygens (including phenoxy) is 1. The van der Waals surface area contributed by atoms with Crippen molar-refractivity contribution in [3.63, 3.8) is 0 Å². The van der Waals surface area contributed by atoms with Gasteiger partial charge in [-0.2, -0.15) is 0 Å². The molecule has 0 atom stereocenters. The van der Waals surface area contributed by atoms with Crippen LogP contribution >= 0.6 is 15.9 Å². The quantitative estimate of drug-likeness (QED) is 0.816. The van der Waals surface area contributed by atoms with Gasteiger partial charge in [0, 0.05) is 11.0 Å². The van der Waals surface area contributed by atoms with E-state index < -0.39 is 0 Å². The van der Waals surface area contributed by atoms with E-state index in [2.05, 4.69) is 64.6 Å². The Bertz CT molecular complexity index is 525. The molecule has 0 radical (unpaired) electrons. The van der Waals surface area contributed by atoms with E-state index in [0.717, 1.165) is 17.6 Å². The zero-order valence-corrected chi connectivity index (χ0v) is 13.3. The normalized spacial score (nSPS) is 10.7. The SMILES string of the molecule is CCNCc1ccccc1COCc1ccc(Br)cc1. The van der Waals surface area contributed by atoms with Crippen molar-refractivity contribution in [3.05, 3.63) is 69.7 Å². The van der Waals surface area contributed by atoms with Gasteiger partial charge in [-0.3, -0.25) is 0 Å². The molecular formula is C17H20BrNO. The van der Waals surface area contributed by atoms with Crippen LogP contribution < -0.4 is 5.32 Å². The Hall–Kier alpha value is -1.16. The number of halogens is 1. The average Bonchev–Trinajstić information content (AvgIpc) is 2.48. The van der Waals surface area contributed by atoms with Gasteiger partial charge in [0.15, 0.2) is 0 Å². The predicted molar refractivity (Wildman–Crippen MR) is 86.5 cm³/mol. The van der Waals surface area contributed by atoms with Crippen LogP contribution in [0, 0.1) is 0 Å². The van der Waals surface area contributed by atoms with Crippen molar-refractivity contribution >= 4 is 15.9 Å². The Morgan fingerprint density at radius 3 is 2.35 bits per heavy atom. The third-order valence-electron chi connectivity index (χ3n) is 3.12. The van der Waals surface area contributed by atoms with Crippen molar-refractivity contribution in [1.82, 2.24) is 5.32 Å². The molecule has 106 valence electrons. The smallest absolute Gasteiger partial charge is 0.0724 e. The molecular weight excluding hydrogens is 314 g/mol. The van der Waals surface area contributed by atoms with Gasteiger partial charge in [-0.15, -0.1) is 0 Å². The van der Waals surface area contributed by atoms with Gasteiger partial charge in [0.05, 0.1) is 13.2 Å². The zero-order chi connectivity index (χ0) is 14.2. The van der Waals surface area contributed by atoms with E-state index in [-0.39, 0.29) is 0 Å². The van der Waals surface area contributed by atoms with Crippen molar-refractivity contribution in [2.24, 2.45) is 0 Å². The van der Waals surface area contributed by atoms with Crippen molar-refractivity contribution < 1.29 is 4.74 Å². The molecule has 0 saturated carbocycles. The van der Waals surface area contributed by atoms with Gasteiger partial charge < -0.3 is 10.1 Å². The molecule has 0 aliphatic carbocycles. The van der Waals surface area contributed by atoms with Gasteiger partial charge in [-0.25, -0.2) is 0 Å². The third kappa shape index (κ3) is 4.75. The van der Waals surface area contributed by atoms with Crippen molar-refractivity contribution in [2.45, 2.75) is 26.7 Å². The van der Waals surface area contributed by atoms with Crippen LogP contribution in [0.3, 0.4) is 0 Å². The highest BCUT2D eigenvalue weighted by atomic mass is 79.9. The maximum absolute atomic E-state index is 5.82. The Labute approximate surface area is 129 Å². The summed E-state index contributed by atoms with van der Waals surface area (Å²) < 4.78 is 6.92. The van der Waals surface area contributed by atoms with Crippen LogP contribution in [0.15, 0.2) is 53.0 Å². The monoisotopic (exact) mass is 333 g/mol. The highest BCUT2D eigenvalue weighted by molar-refractivity contribution is 9.10. The van der Waals surface area contributed by atoms with Gasteiger partial charge in [0.2, 0.25) is 0 Å². The van der Waals surface area contributed by atoms with Gasteiger partial charge in [-0.05, 0) is 35.4 Å². The largest absolute Gasteiger partial charge is 0.372 e. The van der Waals surface area contributed by atoms with E-state index in [4.69, 9.17) is 4.74 Å². The van der Waals surface area contributed by atoms with E-state index >= 15 is 0 Å². The van der Waals surface area contributed by atoms with Crippen LogP contribution in [0.1, 0.15) is 23.6 Å². The second-order valence-electron chi connectivity index (χ2n) is 4.67. The molecule has 0 unspecified atom stereocenters. The van der Waals surface area contributed by atoms with Crippen LogP contribution in [0.25, 0.3) is 0 Å². The Morgan fingerprint density at radius 2 is 1.65 bits per heavy atom. The first-order valence-corrected chi connectivity index (χ1v) is 7.68. The van der Waals surface area contributed by atoms with Crippen LogP contribution in [0.5, 0.6) is 0 Å². The number of hydrogen-bond acceptors (Lipinski definition) is 2. The van der Waals surface area contributed by atoms with Crippen molar-refractivity contribution in [3.8, 4) is 0 Å². The molecule has 0 spiro atoms. The van der Waals surface area contributed by atoms with Crippen LogP contribution in [0.2, 0.25) is 0 Å². The number of nitrogens with one attached hydrogen (secondary N) is 1. The molecule has 2 aromatic rings. The van der Waals surface area contributed by atoms with Gasteiger partial charge in [-0.1, -0.05) is 59.3 Å². The van der Waals surface area contributed by atoms with E-state index in [1.54, 1.807) is 0 Å². The molecule has 0 bridgehead atoms. The van der Waals surface area contributed by atoms with Gasteiger partial charge in [0.25, 0.3) is 0 Å². The highest BCUT2D eigenvalue weighted by Gasteiger charge is 2.01. The summed E-state index contributed by atoms with van der Waals surface area (Å²) >= 11 is 3.44. The first-order valence-electron chi connectivity index (χ1n) is 6.89. The summed E-state index contributed by atoms with van der Waals surface area (Å²) in [6, 6.07) is 16.7. The lowest BCUT2D eigenvalue weighted by molar-refractivity contribution is 0.106. The molecule has 0 fully saturated rings. The molecule has 2 aromatic carbocycles. The maximum atomic E-state index is 5.82. The number of hydrogen-bond donors (Lipinski definition) is 1. The summed E-state index contributed by atoms with van der Waals surface area (Å²) in [6.07, 6.45) is 0. The molecule has 20 heavy (non-hydrogen) atoms. The average molecular weight is 334 g/mol. The minimum absolute atomic E-state index is 0.642. The molecule has 0 amide bonds. The zero-order valence-electron chi connectivity index (χ0n) is 11.7. The number of benzene rings is 2. The molecule has 0 aliphatic rings. The third-order valence-corrected chi connectivity index (χ3v) is 3.65. The molecule has 0 saturated heterocycles. The Kier molecular flexibility index (Phi) is 6.25. The van der Waals surface area contributed by atoms with Crippen LogP contribution in [0.4, 0.5) is 0 Å². The fourth-order valence-corrected chi connectivity index (χ4v) is 2.25. The van der Waals surface area contributed by atoms with E-state index in [9.17, 15) is 0 Å². The van der Waals surface area contributed by atoms with E-state index in [0.29, 0.717) is 13.2 Å². The van der Waals surface area contributed by atoms with Gasteiger partial charge >= 0.3 is 0 Å². The molecule has 0 aromatic heterocycles. The second kappa shape index (κ2) is 8.20. The summed E-state index contributed by atoms with van der Waals surface area (Å²) in [5.74, 6) is 0. The molecule has 1 N–H and O–H groups in total. The summed E-state index contributed by atoms with van der Waals surface area (Å²) in [5, 5.41) is 3.36. The highest BCUT2D eigenvalue weighted by Crippen LogP contribution is 2.14. The molecule has 3 heteroatoms. The standard InChI is InChI=1S/C17H20BrNO/c1-2-19-11-15-5-3-4-6-16(15)13-20-12-14-7-9-17(18)10-8-14/h3-10,19H,2,11-13H2,1H3. The topological polar surface area (TPSA) is 21.3 Å². The summed E-state index contributed by atoms with van der Waals surface area (Å²) in [5.41, 5.74) is 3.76. The Morgan fingerprint density at radius 1 is 0.950 bits per heavy atom. The molecule has 2 rings (SSSR count). The first kappa shape index (κ1) is 15.2. The molecule has 2 nitrogen and oxygen atoms in total.